The average molecular weight is 429 g/mol. The second kappa shape index (κ2) is 8.27. The van der Waals surface area contributed by atoms with E-state index in [0.717, 1.165) is 12.0 Å². The summed E-state index contributed by atoms with van der Waals surface area (Å²) >= 11 is 1.27. The number of aromatic nitrogens is 2. The van der Waals surface area contributed by atoms with Gasteiger partial charge in [0.15, 0.2) is 5.82 Å². The van der Waals surface area contributed by atoms with Gasteiger partial charge in [-0.2, -0.15) is 4.98 Å². The molecule has 0 saturated carbocycles. The van der Waals surface area contributed by atoms with Gasteiger partial charge in [-0.1, -0.05) is 0 Å². The Morgan fingerprint density at radius 3 is 2.75 bits per heavy atom. The fourth-order valence-corrected chi connectivity index (χ4v) is 5.32. The number of ether oxygens (including phenoxy) is 2. The van der Waals surface area contributed by atoms with Crippen LogP contribution in [-0.2, 0) is 21.4 Å². The van der Waals surface area contributed by atoms with Crippen LogP contribution in [0.15, 0.2) is 0 Å². The number of piperidine rings is 1. The highest BCUT2D eigenvalue weighted by Crippen LogP contribution is 2.35. The van der Waals surface area contributed by atoms with E-state index in [-0.39, 0.29) is 25.1 Å². The van der Waals surface area contributed by atoms with E-state index in [4.69, 9.17) is 9.47 Å². The summed E-state index contributed by atoms with van der Waals surface area (Å²) in [7, 11) is -0.186. The summed E-state index contributed by atoms with van der Waals surface area (Å²) in [5, 5.41) is 3.68. The maximum absolute atomic E-state index is 12.9. The smallest absolute Gasteiger partial charge is 0.261 e. The number of hydrogen-bond donors (Lipinski definition) is 1. The number of carbonyl (C=O) groups is 1. The van der Waals surface area contributed by atoms with E-state index in [2.05, 4.69) is 15.3 Å². The van der Waals surface area contributed by atoms with E-state index in [1.165, 1.54) is 29.0 Å². The highest BCUT2D eigenvalue weighted by atomic mass is 32.2. The molecule has 0 aromatic carbocycles. The Morgan fingerprint density at radius 1 is 1.36 bits per heavy atom. The zero-order valence-corrected chi connectivity index (χ0v) is 17.9. The molecule has 1 amide bonds. The van der Waals surface area contributed by atoms with Crippen molar-refractivity contribution in [2.45, 2.75) is 32.4 Å². The summed E-state index contributed by atoms with van der Waals surface area (Å²) in [6.45, 7) is 2.85. The summed E-state index contributed by atoms with van der Waals surface area (Å²) in [5.74, 6) is 0.651. The third-order valence-corrected chi connectivity index (χ3v) is 7.12. The van der Waals surface area contributed by atoms with E-state index >= 15 is 0 Å². The SMILES string of the molecule is COCc1nc(OC)c2c(C)c(C(=O)NC3CCCN(S(C)(=O)=O)C3)sc2n1. The molecule has 9 nitrogen and oxygen atoms in total. The lowest BCUT2D eigenvalue weighted by Crippen LogP contribution is -2.49. The molecule has 1 unspecified atom stereocenters. The van der Waals surface area contributed by atoms with Crippen LogP contribution in [0.1, 0.15) is 33.9 Å². The minimum Gasteiger partial charge on any atom is -0.480 e. The fraction of sp³-hybridized carbons (Fsp3) is 0.588. The molecule has 1 N–H and O–H groups in total. The summed E-state index contributed by atoms with van der Waals surface area (Å²) in [5.41, 5.74) is 0.745. The molecule has 0 radical (unpaired) electrons. The summed E-state index contributed by atoms with van der Waals surface area (Å²) < 4.78 is 35.5. The molecule has 3 rings (SSSR count). The number of amides is 1. The molecule has 2 aromatic heterocycles. The molecule has 11 heteroatoms. The number of fused-ring (bicyclic) bond motifs is 1. The van der Waals surface area contributed by atoms with Crippen molar-refractivity contribution in [2.24, 2.45) is 0 Å². The number of aryl methyl sites for hydroxylation is 1. The first-order chi connectivity index (χ1) is 13.2. The summed E-state index contributed by atoms with van der Waals surface area (Å²) in [6, 6.07) is -0.224. The molecular formula is C17H24N4O5S2. The van der Waals surface area contributed by atoms with Gasteiger partial charge in [0, 0.05) is 26.2 Å². The Balaban J connectivity index is 1.86. The lowest BCUT2D eigenvalue weighted by Gasteiger charge is -2.31. The van der Waals surface area contributed by atoms with Crippen LogP contribution < -0.4 is 10.1 Å². The van der Waals surface area contributed by atoms with E-state index in [1.54, 1.807) is 7.11 Å². The first kappa shape index (κ1) is 20.9. The zero-order chi connectivity index (χ0) is 20.5. The van der Waals surface area contributed by atoms with Crippen LogP contribution >= 0.6 is 11.3 Å². The van der Waals surface area contributed by atoms with Crippen molar-refractivity contribution in [3.8, 4) is 5.88 Å². The van der Waals surface area contributed by atoms with E-state index in [0.29, 0.717) is 39.8 Å². The van der Waals surface area contributed by atoms with Gasteiger partial charge in [-0.05, 0) is 25.3 Å². The van der Waals surface area contributed by atoms with Crippen molar-refractivity contribution >= 4 is 37.5 Å². The van der Waals surface area contributed by atoms with Crippen molar-refractivity contribution in [2.75, 3.05) is 33.6 Å². The third-order valence-electron chi connectivity index (χ3n) is 4.66. The second-order valence-corrected chi connectivity index (χ2v) is 9.73. The van der Waals surface area contributed by atoms with E-state index in [9.17, 15) is 13.2 Å². The van der Waals surface area contributed by atoms with Crippen molar-refractivity contribution in [3.63, 3.8) is 0 Å². The zero-order valence-electron chi connectivity index (χ0n) is 16.3. The Bertz CT molecular complexity index is 989. The fourth-order valence-electron chi connectivity index (χ4n) is 3.31. The minimum atomic E-state index is -3.27. The van der Waals surface area contributed by atoms with Crippen molar-refractivity contribution in [1.29, 1.82) is 0 Å². The molecule has 3 heterocycles. The first-order valence-corrected chi connectivity index (χ1v) is 11.5. The number of methoxy groups -OCH3 is 2. The van der Waals surface area contributed by atoms with Crippen LogP contribution in [0.5, 0.6) is 5.88 Å². The van der Waals surface area contributed by atoms with Crippen LogP contribution in [0.3, 0.4) is 0 Å². The van der Waals surface area contributed by atoms with Crippen molar-refractivity contribution < 1.29 is 22.7 Å². The number of sulfonamides is 1. The van der Waals surface area contributed by atoms with Gasteiger partial charge in [-0.15, -0.1) is 11.3 Å². The maximum Gasteiger partial charge on any atom is 0.261 e. The predicted molar refractivity (Wildman–Crippen MR) is 106 cm³/mol. The molecule has 1 saturated heterocycles. The average Bonchev–Trinajstić information content (AvgIpc) is 2.98. The van der Waals surface area contributed by atoms with Gasteiger partial charge in [-0.25, -0.2) is 17.7 Å². The van der Waals surface area contributed by atoms with Crippen LogP contribution in [0, 0.1) is 6.92 Å². The molecule has 1 fully saturated rings. The predicted octanol–water partition coefficient (Wildman–Crippen LogP) is 1.31. The van der Waals surface area contributed by atoms with Gasteiger partial charge in [0.1, 0.15) is 11.4 Å². The molecule has 28 heavy (non-hydrogen) atoms. The summed E-state index contributed by atoms with van der Waals surface area (Å²) in [6.07, 6.45) is 2.64. The molecule has 0 aliphatic carbocycles. The Hall–Kier alpha value is -1.82. The van der Waals surface area contributed by atoms with Crippen molar-refractivity contribution in [1.82, 2.24) is 19.6 Å². The van der Waals surface area contributed by atoms with Gasteiger partial charge in [-0.3, -0.25) is 4.79 Å². The van der Waals surface area contributed by atoms with Crippen LogP contribution in [0.4, 0.5) is 0 Å². The lowest BCUT2D eigenvalue weighted by molar-refractivity contribution is 0.0925. The molecule has 2 aromatic rings. The number of carbonyl (C=O) groups excluding carboxylic acids is 1. The van der Waals surface area contributed by atoms with E-state index < -0.39 is 10.0 Å². The standard InChI is InChI=1S/C17H24N4O5S2/c1-10-13-16(26-3)19-12(9-25-2)20-17(13)27-14(10)15(22)18-11-6-5-7-21(8-11)28(4,23)24/h11H,5-9H2,1-4H3,(H,18,22). The molecule has 1 aliphatic heterocycles. The highest BCUT2D eigenvalue weighted by molar-refractivity contribution is 7.88. The molecule has 0 spiro atoms. The second-order valence-electron chi connectivity index (χ2n) is 6.75. The molecule has 1 aliphatic rings. The van der Waals surface area contributed by atoms with Gasteiger partial charge >= 0.3 is 0 Å². The first-order valence-electron chi connectivity index (χ1n) is 8.83. The summed E-state index contributed by atoms with van der Waals surface area (Å²) in [4.78, 5) is 22.9. The molecule has 0 bridgehead atoms. The number of hydrogen-bond acceptors (Lipinski definition) is 8. The van der Waals surface area contributed by atoms with Crippen LogP contribution in [0.2, 0.25) is 0 Å². The highest BCUT2D eigenvalue weighted by Gasteiger charge is 2.28. The van der Waals surface area contributed by atoms with Gasteiger partial charge in [0.2, 0.25) is 15.9 Å². The Labute approximate surface area is 168 Å². The Morgan fingerprint density at radius 2 is 2.11 bits per heavy atom. The number of thiophene rings is 1. The van der Waals surface area contributed by atoms with Crippen LogP contribution in [-0.4, -0.2) is 68.2 Å². The number of nitrogens with zero attached hydrogens (tertiary/aromatic N) is 3. The third kappa shape index (κ3) is 4.27. The van der Waals surface area contributed by atoms with Gasteiger partial charge in [0.25, 0.3) is 5.91 Å². The van der Waals surface area contributed by atoms with Gasteiger partial charge in [0.05, 0.1) is 23.6 Å². The molecule has 154 valence electrons. The quantitative estimate of drug-likeness (QED) is 0.738. The molecule has 1 atom stereocenters. The van der Waals surface area contributed by atoms with Crippen molar-refractivity contribution in [3.05, 3.63) is 16.3 Å². The van der Waals surface area contributed by atoms with Gasteiger partial charge < -0.3 is 14.8 Å². The normalized spacial score (nSPS) is 18.4. The topological polar surface area (TPSA) is 111 Å². The number of nitrogens with one attached hydrogen (secondary N) is 1. The minimum absolute atomic E-state index is 0.224. The number of rotatable bonds is 6. The maximum atomic E-state index is 12.9. The van der Waals surface area contributed by atoms with Crippen LogP contribution in [0.25, 0.3) is 10.2 Å². The Kier molecular flexibility index (Phi) is 6.18. The largest absolute Gasteiger partial charge is 0.480 e. The van der Waals surface area contributed by atoms with E-state index in [1.807, 2.05) is 6.92 Å². The monoisotopic (exact) mass is 428 g/mol. The molecular weight excluding hydrogens is 404 g/mol. The lowest BCUT2D eigenvalue weighted by atomic mass is 10.1.